The van der Waals surface area contributed by atoms with Gasteiger partial charge in [-0.05, 0) is 31.1 Å². The minimum atomic E-state index is 0.0578. The van der Waals surface area contributed by atoms with Crippen LogP contribution < -0.4 is 10.6 Å². The van der Waals surface area contributed by atoms with Crippen molar-refractivity contribution in [3.63, 3.8) is 0 Å². The summed E-state index contributed by atoms with van der Waals surface area (Å²) in [5.74, 6) is 1.76. The van der Waals surface area contributed by atoms with Crippen LogP contribution in [0.25, 0.3) is 0 Å². The number of hydrogen-bond donors (Lipinski definition) is 2. The van der Waals surface area contributed by atoms with Crippen LogP contribution in [0.3, 0.4) is 0 Å². The molecule has 1 amide bonds. The molecule has 3 atom stereocenters. The number of hydrogen-bond acceptors (Lipinski definition) is 2. The van der Waals surface area contributed by atoms with Crippen molar-refractivity contribution in [3.05, 3.63) is 0 Å². The Kier molecular flexibility index (Phi) is 5.09. The molecule has 1 fully saturated rings. The van der Waals surface area contributed by atoms with Crippen molar-refractivity contribution in [1.82, 2.24) is 10.6 Å². The van der Waals surface area contributed by atoms with Crippen LogP contribution in [0.2, 0.25) is 0 Å². The van der Waals surface area contributed by atoms with E-state index in [1.807, 2.05) is 0 Å². The predicted molar refractivity (Wildman–Crippen MR) is 62.7 cm³/mol. The second-order valence-corrected chi connectivity index (χ2v) is 4.90. The maximum atomic E-state index is 10.7. The number of amides is 1. The van der Waals surface area contributed by atoms with Crippen LogP contribution in [0.5, 0.6) is 0 Å². The minimum absolute atomic E-state index is 0.0578. The van der Waals surface area contributed by atoms with Gasteiger partial charge in [0.15, 0.2) is 0 Å². The first kappa shape index (κ1) is 12.5. The lowest BCUT2D eigenvalue weighted by molar-refractivity contribution is -0.118. The predicted octanol–water partition coefficient (Wildman–Crippen LogP) is 1.54. The summed E-state index contributed by atoms with van der Waals surface area (Å²) in [4.78, 5) is 10.7. The van der Waals surface area contributed by atoms with Crippen molar-refractivity contribution in [3.8, 4) is 0 Å². The van der Waals surface area contributed by atoms with Crippen molar-refractivity contribution < 1.29 is 4.79 Å². The van der Waals surface area contributed by atoms with Crippen molar-refractivity contribution in [2.24, 2.45) is 11.8 Å². The Labute approximate surface area is 93.0 Å². The largest absolute Gasteiger partial charge is 0.355 e. The van der Waals surface area contributed by atoms with Gasteiger partial charge in [-0.15, -0.1) is 0 Å². The molecule has 0 aliphatic heterocycles. The smallest absolute Gasteiger partial charge is 0.216 e. The summed E-state index contributed by atoms with van der Waals surface area (Å²) in [5.41, 5.74) is 0. The molecule has 0 aromatic rings. The Morgan fingerprint density at radius 1 is 1.20 bits per heavy atom. The van der Waals surface area contributed by atoms with Gasteiger partial charge < -0.3 is 10.6 Å². The Morgan fingerprint density at radius 3 is 2.53 bits per heavy atom. The van der Waals surface area contributed by atoms with E-state index < -0.39 is 0 Å². The summed E-state index contributed by atoms with van der Waals surface area (Å²) in [7, 11) is 0. The topological polar surface area (TPSA) is 41.1 Å². The third-order valence-electron chi connectivity index (χ3n) is 3.53. The van der Waals surface area contributed by atoms with E-state index in [4.69, 9.17) is 0 Å². The highest BCUT2D eigenvalue weighted by Crippen LogP contribution is 2.28. The standard InChI is InChI=1S/C12H24N2O/c1-9-4-5-12(8-10(9)2)14-7-6-13-11(3)15/h9-10,12,14H,4-8H2,1-3H3,(H,13,15). The van der Waals surface area contributed by atoms with Gasteiger partial charge in [-0.3, -0.25) is 4.79 Å². The van der Waals surface area contributed by atoms with E-state index in [0.29, 0.717) is 6.04 Å². The second kappa shape index (κ2) is 6.11. The number of carbonyl (C=O) groups excluding carboxylic acids is 1. The Hall–Kier alpha value is -0.570. The molecule has 0 aromatic carbocycles. The lowest BCUT2D eigenvalue weighted by atomic mass is 9.79. The summed E-state index contributed by atoms with van der Waals surface area (Å²) in [6.45, 7) is 7.88. The number of carbonyl (C=O) groups is 1. The Bertz CT molecular complexity index is 206. The third kappa shape index (κ3) is 4.65. The zero-order chi connectivity index (χ0) is 11.3. The Morgan fingerprint density at radius 2 is 1.93 bits per heavy atom. The summed E-state index contributed by atoms with van der Waals surface area (Å²) in [5, 5.41) is 6.32. The monoisotopic (exact) mass is 212 g/mol. The van der Waals surface area contributed by atoms with Crippen molar-refractivity contribution in [2.45, 2.75) is 46.1 Å². The molecule has 3 unspecified atom stereocenters. The van der Waals surface area contributed by atoms with E-state index in [1.165, 1.54) is 19.3 Å². The van der Waals surface area contributed by atoms with Crippen LogP contribution in [0.15, 0.2) is 0 Å². The maximum absolute atomic E-state index is 10.7. The van der Waals surface area contributed by atoms with Gasteiger partial charge in [0.2, 0.25) is 5.91 Å². The molecule has 2 N–H and O–H groups in total. The first-order chi connectivity index (χ1) is 7.09. The van der Waals surface area contributed by atoms with E-state index in [9.17, 15) is 4.79 Å². The van der Waals surface area contributed by atoms with Crippen LogP contribution in [-0.2, 0) is 4.79 Å². The highest BCUT2D eigenvalue weighted by Gasteiger charge is 2.23. The number of nitrogens with one attached hydrogen (secondary N) is 2. The number of rotatable bonds is 4. The van der Waals surface area contributed by atoms with Gasteiger partial charge >= 0.3 is 0 Å². The molecule has 1 rings (SSSR count). The molecular weight excluding hydrogens is 188 g/mol. The average molecular weight is 212 g/mol. The molecule has 15 heavy (non-hydrogen) atoms. The van der Waals surface area contributed by atoms with Crippen molar-refractivity contribution >= 4 is 5.91 Å². The summed E-state index contributed by atoms with van der Waals surface area (Å²) < 4.78 is 0. The molecule has 0 spiro atoms. The molecule has 0 saturated heterocycles. The van der Waals surface area contributed by atoms with Crippen molar-refractivity contribution in [1.29, 1.82) is 0 Å². The highest BCUT2D eigenvalue weighted by atomic mass is 16.1. The zero-order valence-electron chi connectivity index (χ0n) is 10.2. The molecular formula is C12H24N2O. The van der Waals surface area contributed by atoms with Gasteiger partial charge in [-0.1, -0.05) is 13.8 Å². The summed E-state index contributed by atoms with van der Waals surface area (Å²) >= 11 is 0. The molecule has 1 saturated carbocycles. The van der Waals surface area contributed by atoms with Crippen LogP contribution in [-0.4, -0.2) is 25.0 Å². The molecule has 0 bridgehead atoms. The molecule has 0 radical (unpaired) electrons. The molecule has 3 nitrogen and oxygen atoms in total. The van der Waals surface area contributed by atoms with Crippen molar-refractivity contribution in [2.75, 3.05) is 13.1 Å². The normalized spacial score (nSPS) is 31.3. The molecule has 3 heteroatoms. The minimum Gasteiger partial charge on any atom is -0.355 e. The lowest BCUT2D eigenvalue weighted by Crippen LogP contribution is -2.40. The van der Waals surface area contributed by atoms with E-state index in [1.54, 1.807) is 6.92 Å². The Balaban J connectivity index is 2.09. The molecule has 0 aromatic heterocycles. The molecule has 1 aliphatic rings. The maximum Gasteiger partial charge on any atom is 0.216 e. The SMILES string of the molecule is CC(=O)NCCNC1CCC(C)C(C)C1. The van der Waals surface area contributed by atoms with Crippen LogP contribution in [0, 0.1) is 11.8 Å². The molecule has 1 aliphatic carbocycles. The quantitative estimate of drug-likeness (QED) is 0.694. The van der Waals surface area contributed by atoms with Gasteiger partial charge in [0.05, 0.1) is 0 Å². The van der Waals surface area contributed by atoms with E-state index in [0.717, 1.165) is 24.9 Å². The highest BCUT2D eigenvalue weighted by molar-refractivity contribution is 5.72. The summed E-state index contributed by atoms with van der Waals surface area (Å²) in [6.07, 6.45) is 3.89. The van der Waals surface area contributed by atoms with Gasteiger partial charge in [0, 0.05) is 26.1 Å². The first-order valence-corrected chi connectivity index (χ1v) is 6.07. The average Bonchev–Trinajstić information content (AvgIpc) is 2.18. The van der Waals surface area contributed by atoms with Crippen LogP contribution >= 0.6 is 0 Å². The first-order valence-electron chi connectivity index (χ1n) is 6.07. The zero-order valence-corrected chi connectivity index (χ0v) is 10.2. The summed E-state index contributed by atoms with van der Waals surface area (Å²) in [6, 6.07) is 0.657. The van der Waals surface area contributed by atoms with Gasteiger partial charge in [-0.25, -0.2) is 0 Å². The third-order valence-corrected chi connectivity index (χ3v) is 3.53. The fourth-order valence-electron chi connectivity index (χ4n) is 2.25. The molecule has 88 valence electrons. The fourth-order valence-corrected chi connectivity index (χ4v) is 2.25. The lowest BCUT2D eigenvalue weighted by Gasteiger charge is -2.32. The molecule has 0 heterocycles. The van der Waals surface area contributed by atoms with E-state index >= 15 is 0 Å². The van der Waals surface area contributed by atoms with Gasteiger partial charge in [-0.2, -0.15) is 0 Å². The van der Waals surface area contributed by atoms with Gasteiger partial charge in [0.1, 0.15) is 0 Å². The second-order valence-electron chi connectivity index (χ2n) is 4.90. The fraction of sp³-hybridized carbons (Fsp3) is 0.917. The van der Waals surface area contributed by atoms with E-state index in [2.05, 4.69) is 24.5 Å². The van der Waals surface area contributed by atoms with Gasteiger partial charge in [0.25, 0.3) is 0 Å². The van der Waals surface area contributed by atoms with Crippen LogP contribution in [0.4, 0.5) is 0 Å². The van der Waals surface area contributed by atoms with Crippen LogP contribution in [0.1, 0.15) is 40.0 Å². The van der Waals surface area contributed by atoms with E-state index in [-0.39, 0.29) is 5.91 Å².